The summed E-state index contributed by atoms with van der Waals surface area (Å²) < 4.78 is 5.32. The normalized spacial score (nSPS) is 22.1. The van der Waals surface area contributed by atoms with E-state index in [0.717, 1.165) is 16.8 Å². The first-order valence-electron chi connectivity index (χ1n) is 7.93. The molecule has 3 heteroatoms. The van der Waals surface area contributed by atoms with Crippen LogP contribution in [0.5, 0.6) is 0 Å². The number of aromatic nitrogens is 1. The fourth-order valence-electron chi connectivity index (χ4n) is 3.45. The largest absolute Gasteiger partial charge is 0.367 e. The smallest absolute Gasteiger partial charge is 0.230 e. The topological polar surface area (TPSA) is 52.0 Å². The lowest BCUT2D eigenvalue weighted by molar-refractivity contribution is 0.407. The van der Waals surface area contributed by atoms with Crippen LogP contribution >= 0.6 is 0 Å². The Morgan fingerprint density at radius 1 is 1.19 bits per heavy atom. The molecule has 1 heterocycles. The summed E-state index contributed by atoms with van der Waals surface area (Å²) in [6.45, 7) is 6.71. The Morgan fingerprint density at radius 2 is 1.90 bits per heavy atom. The molecule has 0 spiro atoms. The van der Waals surface area contributed by atoms with Gasteiger partial charge in [0, 0.05) is 5.92 Å². The lowest BCUT2D eigenvalue weighted by atomic mass is 9.89. The lowest BCUT2D eigenvalue weighted by Crippen LogP contribution is -2.04. The molecule has 0 radical (unpaired) electrons. The Balaban J connectivity index is 2.00. The molecular formula is C18H24N2O. The molecular weight excluding hydrogens is 260 g/mol. The van der Waals surface area contributed by atoms with Crippen molar-refractivity contribution in [3.8, 4) is 11.1 Å². The molecule has 0 aliphatic heterocycles. The van der Waals surface area contributed by atoms with E-state index in [-0.39, 0.29) is 0 Å². The van der Waals surface area contributed by atoms with E-state index < -0.39 is 0 Å². The summed E-state index contributed by atoms with van der Waals surface area (Å²) in [4.78, 5) is 0. The van der Waals surface area contributed by atoms with Crippen molar-refractivity contribution < 1.29 is 4.52 Å². The molecule has 0 amide bonds. The zero-order valence-electron chi connectivity index (χ0n) is 13.1. The molecule has 0 saturated heterocycles. The first-order chi connectivity index (χ1) is 10.1. The molecule has 1 aliphatic rings. The minimum absolute atomic E-state index is 0.446. The predicted octanol–water partition coefficient (Wildman–Crippen LogP) is 4.95. The molecule has 2 unspecified atom stereocenters. The van der Waals surface area contributed by atoms with E-state index >= 15 is 0 Å². The van der Waals surface area contributed by atoms with Crippen molar-refractivity contribution in [3.63, 3.8) is 0 Å². The standard InChI is InChI=1S/C18H24N2O/c1-11(2)13-7-9-14(10-8-13)16-17(20-21-18(16)19)15-6-4-5-12(15)3/h7-12,15H,4-6,19H2,1-3H3. The van der Waals surface area contributed by atoms with Crippen LogP contribution in [0.15, 0.2) is 28.8 Å². The minimum Gasteiger partial charge on any atom is -0.367 e. The summed E-state index contributed by atoms with van der Waals surface area (Å²) >= 11 is 0. The van der Waals surface area contributed by atoms with Gasteiger partial charge in [-0.2, -0.15) is 0 Å². The summed E-state index contributed by atoms with van der Waals surface area (Å²) in [6.07, 6.45) is 3.72. The molecule has 1 fully saturated rings. The molecule has 3 rings (SSSR count). The summed E-state index contributed by atoms with van der Waals surface area (Å²) in [6, 6.07) is 8.63. The molecule has 1 aromatic carbocycles. The van der Waals surface area contributed by atoms with Crippen LogP contribution in [-0.4, -0.2) is 5.16 Å². The highest BCUT2D eigenvalue weighted by molar-refractivity contribution is 5.75. The molecule has 2 atom stereocenters. The molecule has 1 saturated carbocycles. The van der Waals surface area contributed by atoms with Crippen LogP contribution in [0.1, 0.15) is 63.1 Å². The number of hydrogen-bond donors (Lipinski definition) is 1. The maximum Gasteiger partial charge on any atom is 0.230 e. The van der Waals surface area contributed by atoms with Gasteiger partial charge in [-0.05, 0) is 29.4 Å². The van der Waals surface area contributed by atoms with Crippen LogP contribution in [0, 0.1) is 5.92 Å². The van der Waals surface area contributed by atoms with Crippen LogP contribution in [0.3, 0.4) is 0 Å². The maximum atomic E-state index is 6.06. The van der Waals surface area contributed by atoms with Gasteiger partial charge in [0.1, 0.15) is 0 Å². The van der Waals surface area contributed by atoms with Gasteiger partial charge in [-0.15, -0.1) is 0 Å². The molecule has 2 N–H and O–H groups in total. The second-order valence-corrected chi connectivity index (χ2v) is 6.60. The third-order valence-corrected chi connectivity index (χ3v) is 4.82. The monoisotopic (exact) mass is 284 g/mol. The average Bonchev–Trinajstić information content (AvgIpc) is 3.04. The summed E-state index contributed by atoms with van der Waals surface area (Å²) in [5.41, 5.74) is 10.6. The van der Waals surface area contributed by atoms with E-state index in [2.05, 4.69) is 50.2 Å². The van der Waals surface area contributed by atoms with E-state index in [1.807, 2.05) is 0 Å². The van der Waals surface area contributed by atoms with E-state index in [1.165, 1.54) is 24.8 Å². The van der Waals surface area contributed by atoms with Crippen LogP contribution in [0.4, 0.5) is 5.88 Å². The van der Waals surface area contributed by atoms with Crippen LogP contribution in [0.25, 0.3) is 11.1 Å². The molecule has 21 heavy (non-hydrogen) atoms. The predicted molar refractivity (Wildman–Crippen MR) is 86.2 cm³/mol. The average molecular weight is 284 g/mol. The number of benzene rings is 1. The first-order valence-corrected chi connectivity index (χ1v) is 7.93. The summed E-state index contributed by atoms with van der Waals surface area (Å²) in [5, 5.41) is 4.28. The quantitative estimate of drug-likeness (QED) is 0.867. The first kappa shape index (κ1) is 14.2. The highest BCUT2D eigenvalue weighted by Gasteiger charge is 2.31. The third-order valence-electron chi connectivity index (χ3n) is 4.82. The SMILES string of the molecule is CC(C)c1ccc(-c2c(C3CCCC3C)noc2N)cc1. The van der Waals surface area contributed by atoms with Crippen molar-refractivity contribution in [1.82, 2.24) is 5.16 Å². The number of rotatable bonds is 3. The Hall–Kier alpha value is -1.77. The molecule has 0 bridgehead atoms. The van der Waals surface area contributed by atoms with Gasteiger partial charge < -0.3 is 10.3 Å². The van der Waals surface area contributed by atoms with E-state index in [1.54, 1.807) is 0 Å². The zero-order valence-corrected chi connectivity index (χ0v) is 13.1. The number of anilines is 1. The second-order valence-electron chi connectivity index (χ2n) is 6.60. The van der Waals surface area contributed by atoms with E-state index in [4.69, 9.17) is 10.3 Å². The lowest BCUT2D eigenvalue weighted by Gasteiger charge is -2.14. The highest BCUT2D eigenvalue weighted by atomic mass is 16.5. The Kier molecular flexibility index (Phi) is 3.75. The van der Waals surface area contributed by atoms with Crippen LogP contribution in [-0.2, 0) is 0 Å². The fourth-order valence-corrected chi connectivity index (χ4v) is 3.45. The van der Waals surface area contributed by atoms with Gasteiger partial charge >= 0.3 is 0 Å². The van der Waals surface area contributed by atoms with E-state index in [0.29, 0.717) is 23.6 Å². The van der Waals surface area contributed by atoms with Gasteiger partial charge in [0.15, 0.2) is 0 Å². The molecule has 2 aromatic rings. The van der Waals surface area contributed by atoms with Crippen molar-refractivity contribution >= 4 is 5.88 Å². The minimum atomic E-state index is 0.446. The highest BCUT2D eigenvalue weighted by Crippen LogP contribution is 2.44. The maximum absolute atomic E-state index is 6.06. The van der Waals surface area contributed by atoms with Crippen molar-refractivity contribution in [2.75, 3.05) is 5.73 Å². The van der Waals surface area contributed by atoms with E-state index in [9.17, 15) is 0 Å². The molecule has 1 aliphatic carbocycles. The van der Waals surface area contributed by atoms with Gasteiger partial charge in [-0.1, -0.05) is 63.0 Å². The Bertz CT molecular complexity index is 613. The third kappa shape index (κ3) is 2.57. The molecule has 3 nitrogen and oxygen atoms in total. The van der Waals surface area contributed by atoms with Gasteiger partial charge in [0.05, 0.1) is 11.3 Å². The number of hydrogen-bond acceptors (Lipinski definition) is 3. The van der Waals surface area contributed by atoms with Crippen molar-refractivity contribution in [2.24, 2.45) is 5.92 Å². The zero-order chi connectivity index (χ0) is 15.0. The number of nitrogens with two attached hydrogens (primary N) is 1. The van der Waals surface area contributed by atoms with Crippen molar-refractivity contribution in [1.29, 1.82) is 0 Å². The number of nitrogen functional groups attached to an aromatic ring is 1. The van der Waals surface area contributed by atoms with Crippen LogP contribution < -0.4 is 5.73 Å². The van der Waals surface area contributed by atoms with Crippen molar-refractivity contribution in [3.05, 3.63) is 35.5 Å². The summed E-state index contributed by atoms with van der Waals surface area (Å²) in [5.74, 6) is 2.11. The van der Waals surface area contributed by atoms with Gasteiger partial charge in [0.25, 0.3) is 0 Å². The van der Waals surface area contributed by atoms with Gasteiger partial charge in [-0.3, -0.25) is 0 Å². The summed E-state index contributed by atoms with van der Waals surface area (Å²) in [7, 11) is 0. The molecule has 1 aromatic heterocycles. The van der Waals surface area contributed by atoms with Crippen LogP contribution in [0.2, 0.25) is 0 Å². The second kappa shape index (κ2) is 5.55. The Labute approximate surface area is 126 Å². The van der Waals surface area contributed by atoms with Gasteiger partial charge in [0.2, 0.25) is 5.88 Å². The Morgan fingerprint density at radius 3 is 2.48 bits per heavy atom. The number of nitrogens with zero attached hydrogens (tertiary/aromatic N) is 1. The van der Waals surface area contributed by atoms with Gasteiger partial charge in [-0.25, -0.2) is 0 Å². The van der Waals surface area contributed by atoms with Crippen molar-refractivity contribution in [2.45, 2.75) is 51.9 Å². The fraction of sp³-hybridized carbons (Fsp3) is 0.500. The molecule has 112 valence electrons.